The van der Waals surface area contributed by atoms with Crippen molar-refractivity contribution in [1.29, 1.82) is 0 Å². The van der Waals surface area contributed by atoms with E-state index in [2.05, 4.69) is 26.5 Å². The summed E-state index contributed by atoms with van der Waals surface area (Å²) in [5.74, 6) is 0.647. The van der Waals surface area contributed by atoms with Crippen LogP contribution in [0, 0.1) is 10.8 Å². The molecule has 14 nitrogen and oxygen atoms in total. The molecular formula is C25H48O14S. The molecule has 0 spiro atoms. The monoisotopic (exact) mass is 604 g/mol. The van der Waals surface area contributed by atoms with E-state index in [1.807, 2.05) is 13.8 Å². The molecule has 40 heavy (non-hydrogen) atoms. The van der Waals surface area contributed by atoms with Crippen LogP contribution in [-0.2, 0) is 28.4 Å². The summed E-state index contributed by atoms with van der Waals surface area (Å²) in [6, 6.07) is 0. The normalized spacial score (nSPS) is 35.9. The second kappa shape index (κ2) is 16.0. The molecule has 15 heteroatoms. The lowest BCUT2D eigenvalue weighted by Gasteiger charge is -2.47. The molecule has 0 saturated carbocycles. The lowest BCUT2D eigenvalue weighted by molar-refractivity contribution is -0.367. The van der Waals surface area contributed by atoms with Crippen molar-refractivity contribution in [3.63, 3.8) is 0 Å². The molecule has 2 heterocycles. The van der Waals surface area contributed by atoms with Crippen molar-refractivity contribution in [2.75, 3.05) is 45.4 Å². The summed E-state index contributed by atoms with van der Waals surface area (Å²) in [5, 5.41) is 79.7. The Labute approximate surface area is 240 Å². The maximum absolute atomic E-state index is 11.3. The van der Waals surface area contributed by atoms with Gasteiger partial charge in [-0.25, -0.2) is 0 Å². The van der Waals surface area contributed by atoms with Crippen molar-refractivity contribution in [2.45, 2.75) is 102 Å². The number of hydrogen-bond donors (Lipinski definition) is 9. The van der Waals surface area contributed by atoms with Gasteiger partial charge in [0.05, 0.1) is 39.6 Å². The van der Waals surface area contributed by atoms with Crippen LogP contribution in [0.25, 0.3) is 0 Å². The van der Waals surface area contributed by atoms with Crippen LogP contribution in [0.15, 0.2) is 0 Å². The predicted octanol–water partition coefficient (Wildman–Crippen LogP) is -2.65. The lowest BCUT2D eigenvalue weighted by atomic mass is 9.76. The Morgan fingerprint density at radius 2 is 1.45 bits per heavy atom. The highest BCUT2D eigenvalue weighted by molar-refractivity contribution is 7.80. The number of aliphatic hydroxyl groups excluding tert-OH is 7. The molecule has 0 aromatic heterocycles. The fourth-order valence-corrected chi connectivity index (χ4v) is 5.14. The molecular weight excluding hydrogens is 556 g/mol. The van der Waals surface area contributed by atoms with Crippen LogP contribution in [0.5, 0.6) is 0 Å². The van der Waals surface area contributed by atoms with Crippen LogP contribution in [-0.4, -0.2) is 154 Å². The number of ether oxygens (including phenoxy) is 6. The van der Waals surface area contributed by atoms with E-state index >= 15 is 0 Å². The lowest BCUT2D eigenvalue weighted by Crippen LogP contribution is -2.65. The zero-order chi connectivity index (χ0) is 30.3. The predicted molar refractivity (Wildman–Crippen MR) is 141 cm³/mol. The first-order chi connectivity index (χ1) is 18.7. The van der Waals surface area contributed by atoms with E-state index in [0.717, 1.165) is 6.42 Å². The average molecular weight is 605 g/mol. The highest BCUT2D eigenvalue weighted by Crippen LogP contribution is 2.36. The van der Waals surface area contributed by atoms with Gasteiger partial charge in [0.2, 0.25) is 0 Å². The quantitative estimate of drug-likeness (QED) is 0.0500. The van der Waals surface area contributed by atoms with Gasteiger partial charge in [0.25, 0.3) is 0 Å². The minimum absolute atomic E-state index is 0.0483. The van der Waals surface area contributed by atoms with Gasteiger partial charge in [-0.2, -0.15) is 12.6 Å². The van der Waals surface area contributed by atoms with Crippen molar-refractivity contribution < 1.29 is 69.3 Å². The molecule has 238 valence electrons. The average Bonchev–Trinajstić information content (AvgIpc) is 2.88. The van der Waals surface area contributed by atoms with E-state index in [1.165, 1.54) is 0 Å². The third-order valence-corrected chi connectivity index (χ3v) is 7.59. The summed E-state index contributed by atoms with van der Waals surface area (Å²) >= 11 is 4.42. The van der Waals surface area contributed by atoms with Crippen LogP contribution < -0.4 is 0 Å². The van der Waals surface area contributed by atoms with Crippen molar-refractivity contribution >= 4 is 12.6 Å². The van der Waals surface area contributed by atoms with E-state index in [4.69, 9.17) is 33.5 Å². The van der Waals surface area contributed by atoms with Crippen molar-refractivity contribution in [2.24, 2.45) is 10.8 Å². The molecule has 0 amide bonds. The molecule has 10 atom stereocenters. The van der Waals surface area contributed by atoms with Crippen LogP contribution in [0.4, 0.5) is 0 Å². The molecule has 2 aliphatic heterocycles. The molecule has 2 aliphatic rings. The summed E-state index contributed by atoms with van der Waals surface area (Å²) in [6.45, 7) is 6.48. The Hall–Kier alpha value is -0.210. The van der Waals surface area contributed by atoms with E-state index in [1.54, 1.807) is 0 Å². The number of thiol groups is 1. The van der Waals surface area contributed by atoms with Gasteiger partial charge in [-0.3, -0.25) is 0 Å². The fourth-order valence-electron chi connectivity index (χ4n) is 5.03. The van der Waals surface area contributed by atoms with Gasteiger partial charge in [0.1, 0.15) is 48.8 Å². The third kappa shape index (κ3) is 10.2. The fraction of sp³-hybridized carbons (Fsp3) is 1.00. The van der Waals surface area contributed by atoms with Gasteiger partial charge >= 0.3 is 0 Å². The van der Waals surface area contributed by atoms with Crippen LogP contribution in [0.2, 0.25) is 0 Å². The van der Waals surface area contributed by atoms with Crippen molar-refractivity contribution in [3.8, 4) is 0 Å². The number of rotatable bonds is 16. The first-order valence-corrected chi connectivity index (χ1v) is 14.0. The van der Waals surface area contributed by atoms with Crippen LogP contribution >= 0.6 is 12.6 Å². The van der Waals surface area contributed by atoms with E-state index in [-0.39, 0.29) is 37.3 Å². The Kier molecular flexibility index (Phi) is 14.4. The highest BCUT2D eigenvalue weighted by atomic mass is 32.1. The summed E-state index contributed by atoms with van der Waals surface area (Å²) in [5.41, 5.74) is -0.457. The molecule has 2 rings (SSSR count). The summed E-state index contributed by atoms with van der Waals surface area (Å²) in [6.07, 6.45) is -15.7. The Morgan fingerprint density at radius 3 is 2.02 bits per heavy atom. The minimum Gasteiger partial charge on any atom is -0.394 e. The largest absolute Gasteiger partial charge is 0.394 e. The maximum Gasteiger partial charge on any atom is 0.187 e. The molecule has 10 unspecified atom stereocenters. The standard InChI is InChI=1S/C25H48O14S/c1-24(2,10-25(3,4)12-40)11-36-22-19(33)21(39-23-18(32)17(31)16(30)13(7-27)37-23)20(35-9-15(28)29)14(38-22)8-34-6-5-26/h13-23,26-33,40H,5-12H2,1-4H3. The van der Waals surface area contributed by atoms with Gasteiger partial charge in [-0.15, -0.1) is 0 Å². The van der Waals surface area contributed by atoms with Gasteiger partial charge in [-0.05, 0) is 23.0 Å². The van der Waals surface area contributed by atoms with Gasteiger partial charge in [0, 0.05) is 0 Å². The van der Waals surface area contributed by atoms with Crippen LogP contribution in [0.3, 0.4) is 0 Å². The molecule has 0 bridgehead atoms. The van der Waals surface area contributed by atoms with Crippen LogP contribution in [0.1, 0.15) is 34.1 Å². The summed E-state index contributed by atoms with van der Waals surface area (Å²) in [4.78, 5) is 0. The highest BCUT2D eigenvalue weighted by Gasteiger charge is 2.52. The number of hydrogen-bond acceptors (Lipinski definition) is 15. The summed E-state index contributed by atoms with van der Waals surface area (Å²) < 4.78 is 34.4. The number of aliphatic hydroxyl groups is 8. The van der Waals surface area contributed by atoms with E-state index in [0.29, 0.717) is 5.75 Å². The molecule has 2 fully saturated rings. The topological polar surface area (TPSA) is 217 Å². The SMILES string of the molecule is CC(C)(CS)CC(C)(C)COC1OC(COCCO)C(OCC(O)O)C(OC2OC(CO)C(O)C(O)C2O)C1O. The maximum atomic E-state index is 11.3. The van der Waals surface area contributed by atoms with Crippen molar-refractivity contribution in [1.82, 2.24) is 0 Å². The molecule has 0 aromatic carbocycles. The first-order valence-electron chi connectivity index (χ1n) is 13.3. The van der Waals surface area contributed by atoms with E-state index in [9.17, 15) is 35.7 Å². The van der Waals surface area contributed by atoms with Gasteiger partial charge in [-0.1, -0.05) is 27.7 Å². The zero-order valence-corrected chi connectivity index (χ0v) is 24.4. The minimum atomic E-state index is -1.88. The smallest absolute Gasteiger partial charge is 0.187 e. The third-order valence-electron chi connectivity index (χ3n) is 6.73. The Bertz CT molecular complexity index is 726. The molecule has 8 N–H and O–H groups in total. The first kappa shape index (κ1) is 36.0. The molecule has 0 radical (unpaired) electrons. The Balaban J connectivity index is 2.32. The second-order valence-corrected chi connectivity index (χ2v) is 12.2. The van der Waals surface area contributed by atoms with Crippen molar-refractivity contribution in [3.05, 3.63) is 0 Å². The zero-order valence-electron chi connectivity index (χ0n) is 23.5. The molecule has 2 saturated heterocycles. The Morgan fingerprint density at radius 1 is 0.800 bits per heavy atom. The van der Waals surface area contributed by atoms with Gasteiger partial charge in [0.15, 0.2) is 18.9 Å². The van der Waals surface area contributed by atoms with E-state index < -0.39 is 80.9 Å². The van der Waals surface area contributed by atoms with Gasteiger partial charge < -0.3 is 69.3 Å². The summed E-state index contributed by atoms with van der Waals surface area (Å²) in [7, 11) is 0. The second-order valence-electron chi connectivity index (χ2n) is 11.9. The molecule has 0 aromatic rings. The molecule has 0 aliphatic carbocycles.